The van der Waals surface area contributed by atoms with Gasteiger partial charge in [-0.2, -0.15) is 0 Å². The maximum Gasteiger partial charge on any atom is 0.342 e. The van der Waals surface area contributed by atoms with Gasteiger partial charge in [-0.1, -0.05) is 35.5 Å². The topological polar surface area (TPSA) is 38.7 Å². The van der Waals surface area contributed by atoms with Crippen molar-refractivity contribution in [1.29, 1.82) is 0 Å². The molecule has 3 nitrogen and oxygen atoms in total. The van der Waals surface area contributed by atoms with E-state index in [9.17, 15) is 4.79 Å². The van der Waals surface area contributed by atoms with E-state index < -0.39 is 0 Å². The van der Waals surface area contributed by atoms with Crippen LogP contribution in [0.3, 0.4) is 0 Å². The average Bonchev–Trinajstić information content (AvgIpc) is 2.53. The summed E-state index contributed by atoms with van der Waals surface area (Å²) in [4.78, 5) is 17.3. The predicted octanol–water partition coefficient (Wildman–Crippen LogP) is 4.36. The molecular formula is C20H21NO2. The van der Waals surface area contributed by atoms with Gasteiger partial charge in [-0.25, -0.2) is 4.79 Å². The van der Waals surface area contributed by atoms with Crippen molar-refractivity contribution < 1.29 is 9.63 Å². The zero-order valence-electron chi connectivity index (χ0n) is 14.0. The van der Waals surface area contributed by atoms with Gasteiger partial charge in [0.05, 0.1) is 11.6 Å². The molecule has 0 saturated heterocycles. The number of oxime groups is 1. The Bertz CT molecular complexity index is 805. The molecule has 0 fully saturated rings. The largest absolute Gasteiger partial charge is 0.342 e. The van der Waals surface area contributed by atoms with Crippen LogP contribution in [0.1, 0.15) is 45.7 Å². The van der Waals surface area contributed by atoms with Crippen molar-refractivity contribution in [3.8, 4) is 0 Å². The number of benzene rings is 2. The Hall–Kier alpha value is -2.42. The Morgan fingerprint density at radius 1 is 0.913 bits per heavy atom. The molecule has 1 atom stereocenters. The summed E-state index contributed by atoms with van der Waals surface area (Å²) in [6.07, 6.45) is 0.573. The van der Waals surface area contributed by atoms with Crippen molar-refractivity contribution in [2.75, 3.05) is 0 Å². The zero-order valence-corrected chi connectivity index (χ0v) is 14.0. The van der Waals surface area contributed by atoms with Crippen LogP contribution in [0.25, 0.3) is 0 Å². The number of aryl methyl sites for hydroxylation is 4. The van der Waals surface area contributed by atoms with E-state index in [0.29, 0.717) is 6.42 Å². The third-order valence-corrected chi connectivity index (χ3v) is 4.70. The minimum Gasteiger partial charge on any atom is -0.317 e. The molecule has 0 aromatic heterocycles. The Kier molecular flexibility index (Phi) is 4.03. The second-order valence-electron chi connectivity index (χ2n) is 6.35. The van der Waals surface area contributed by atoms with Crippen molar-refractivity contribution in [1.82, 2.24) is 0 Å². The smallest absolute Gasteiger partial charge is 0.317 e. The van der Waals surface area contributed by atoms with Crippen LogP contribution < -0.4 is 0 Å². The third-order valence-electron chi connectivity index (χ3n) is 4.70. The van der Waals surface area contributed by atoms with Crippen LogP contribution in [-0.2, 0) is 9.63 Å². The van der Waals surface area contributed by atoms with E-state index in [4.69, 9.17) is 4.84 Å². The van der Waals surface area contributed by atoms with Crippen molar-refractivity contribution in [2.45, 2.75) is 40.0 Å². The highest BCUT2D eigenvalue weighted by Gasteiger charge is 2.29. The van der Waals surface area contributed by atoms with Gasteiger partial charge in [-0.05, 0) is 67.1 Å². The van der Waals surface area contributed by atoms with Gasteiger partial charge in [-0.15, -0.1) is 0 Å². The molecule has 3 heteroatoms. The van der Waals surface area contributed by atoms with E-state index in [1.54, 1.807) is 0 Å². The fourth-order valence-corrected chi connectivity index (χ4v) is 2.80. The summed E-state index contributed by atoms with van der Waals surface area (Å²) < 4.78 is 0. The summed E-state index contributed by atoms with van der Waals surface area (Å²) >= 11 is 0. The lowest BCUT2D eigenvalue weighted by atomic mass is 9.88. The maximum atomic E-state index is 12.2. The van der Waals surface area contributed by atoms with Gasteiger partial charge >= 0.3 is 5.97 Å². The van der Waals surface area contributed by atoms with E-state index in [1.807, 2.05) is 12.1 Å². The van der Waals surface area contributed by atoms with Crippen molar-refractivity contribution in [3.63, 3.8) is 0 Å². The van der Waals surface area contributed by atoms with Crippen molar-refractivity contribution >= 4 is 11.7 Å². The van der Waals surface area contributed by atoms with Gasteiger partial charge in [0.25, 0.3) is 0 Å². The van der Waals surface area contributed by atoms with E-state index in [-0.39, 0.29) is 11.9 Å². The molecule has 0 N–H and O–H groups in total. The molecule has 0 radical (unpaired) electrons. The summed E-state index contributed by atoms with van der Waals surface area (Å²) in [5, 5.41) is 4.03. The molecule has 0 saturated carbocycles. The quantitative estimate of drug-likeness (QED) is 0.773. The average molecular weight is 307 g/mol. The first-order valence-corrected chi connectivity index (χ1v) is 7.88. The Labute approximate surface area is 137 Å². The van der Waals surface area contributed by atoms with E-state index in [2.05, 4.69) is 57.1 Å². The summed E-state index contributed by atoms with van der Waals surface area (Å²) in [5.41, 5.74) is 7.71. The first kappa shape index (κ1) is 15.5. The Morgan fingerprint density at radius 2 is 1.57 bits per heavy atom. The molecule has 0 spiro atoms. The highest BCUT2D eigenvalue weighted by molar-refractivity contribution is 6.04. The minimum atomic E-state index is -0.289. The minimum absolute atomic E-state index is 0.277. The van der Waals surface area contributed by atoms with Crippen LogP contribution in [-0.4, -0.2) is 11.7 Å². The standard InChI is InChI=1S/C20H21NO2/c1-12-5-7-16(9-14(12)3)18-11-19(21-23-20(18)22)17-8-6-13(2)15(4)10-17/h5-10,18H,11H2,1-4H3. The van der Waals surface area contributed by atoms with Gasteiger partial charge in [0.2, 0.25) is 0 Å². The van der Waals surface area contributed by atoms with Crippen LogP contribution in [0, 0.1) is 27.7 Å². The van der Waals surface area contributed by atoms with Gasteiger partial charge in [0.1, 0.15) is 0 Å². The molecule has 2 aromatic carbocycles. The fraction of sp³-hybridized carbons (Fsp3) is 0.300. The highest BCUT2D eigenvalue weighted by atomic mass is 16.7. The van der Waals surface area contributed by atoms with E-state index >= 15 is 0 Å². The van der Waals surface area contributed by atoms with Crippen LogP contribution in [0.15, 0.2) is 41.6 Å². The molecule has 0 bridgehead atoms. The lowest BCUT2D eigenvalue weighted by molar-refractivity contribution is -0.146. The monoisotopic (exact) mass is 307 g/mol. The molecule has 0 amide bonds. The number of nitrogens with zero attached hydrogens (tertiary/aromatic N) is 1. The first-order valence-electron chi connectivity index (χ1n) is 7.88. The maximum absolute atomic E-state index is 12.2. The summed E-state index contributed by atoms with van der Waals surface area (Å²) in [6, 6.07) is 12.4. The van der Waals surface area contributed by atoms with Gasteiger partial charge in [0, 0.05) is 6.42 Å². The molecule has 1 heterocycles. The fourth-order valence-electron chi connectivity index (χ4n) is 2.80. The second-order valence-corrected chi connectivity index (χ2v) is 6.35. The normalized spacial score (nSPS) is 17.7. The summed E-state index contributed by atoms with van der Waals surface area (Å²) in [6.45, 7) is 8.29. The van der Waals surface area contributed by atoms with E-state index in [0.717, 1.165) is 16.8 Å². The van der Waals surface area contributed by atoms with Crippen molar-refractivity contribution in [2.24, 2.45) is 5.16 Å². The lowest BCUT2D eigenvalue weighted by Gasteiger charge is -2.21. The lowest BCUT2D eigenvalue weighted by Crippen LogP contribution is -2.24. The summed E-state index contributed by atoms with van der Waals surface area (Å²) in [5.74, 6) is -0.566. The SMILES string of the molecule is Cc1ccc(C2=NOC(=O)C(c3ccc(C)c(C)c3)C2)cc1C. The number of hydrogen-bond donors (Lipinski definition) is 0. The second kappa shape index (κ2) is 5.99. The van der Waals surface area contributed by atoms with Gasteiger partial charge in [-0.3, -0.25) is 0 Å². The molecule has 118 valence electrons. The van der Waals surface area contributed by atoms with Crippen LogP contribution in [0.2, 0.25) is 0 Å². The molecular weight excluding hydrogens is 286 g/mol. The van der Waals surface area contributed by atoms with E-state index in [1.165, 1.54) is 22.3 Å². The predicted molar refractivity (Wildman–Crippen MR) is 91.8 cm³/mol. The third kappa shape index (κ3) is 3.04. The van der Waals surface area contributed by atoms with Crippen LogP contribution >= 0.6 is 0 Å². The number of hydrogen-bond acceptors (Lipinski definition) is 3. The molecule has 1 aliphatic rings. The summed E-state index contributed by atoms with van der Waals surface area (Å²) in [7, 11) is 0. The number of rotatable bonds is 2. The molecule has 1 aliphatic heterocycles. The first-order chi connectivity index (χ1) is 11.0. The van der Waals surface area contributed by atoms with Gasteiger partial charge < -0.3 is 4.84 Å². The van der Waals surface area contributed by atoms with Gasteiger partial charge in [0.15, 0.2) is 0 Å². The van der Waals surface area contributed by atoms with Crippen LogP contribution in [0.5, 0.6) is 0 Å². The zero-order chi connectivity index (χ0) is 16.6. The Morgan fingerprint density at radius 3 is 2.22 bits per heavy atom. The molecule has 1 unspecified atom stereocenters. The van der Waals surface area contributed by atoms with Crippen molar-refractivity contribution in [3.05, 3.63) is 69.8 Å². The van der Waals surface area contributed by atoms with Crippen LogP contribution in [0.4, 0.5) is 0 Å². The number of carbonyl (C=O) groups excluding carboxylic acids is 1. The molecule has 3 rings (SSSR count). The highest BCUT2D eigenvalue weighted by Crippen LogP contribution is 2.29. The Balaban J connectivity index is 1.92. The number of carbonyl (C=O) groups is 1. The molecule has 2 aromatic rings. The molecule has 0 aliphatic carbocycles. The molecule has 23 heavy (non-hydrogen) atoms.